The molecule has 62 heavy (non-hydrogen) atoms. The molecule has 0 fully saturated rings. The zero-order valence-electron chi connectivity index (χ0n) is 34.6. The molecule has 0 bridgehead atoms. The first-order valence-corrected chi connectivity index (χ1v) is 21.9. The third kappa shape index (κ3) is 5.76. The van der Waals surface area contributed by atoms with Crippen molar-refractivity contribution in [3.8, 4) is 45.0 Å². The van der Waals surface area contributed by atoms with Gasteiger partial charge in [0.1, 0.15) is 0 Å². The Bertz CT molecular complexity index is 3280. The lowest BCUT2D eigenvalue weighted by Crippen LogP contribution is -2.32. The zero-order valence-corrected chi connectivity index (χ0v) is 34.6. The van der Waals surface area contributed by atoms with Gasteiger partial charge in [-0.15, -0.1) is 0 Å². The minimum atomic E-state index is -0.525. The molecule has 3 nitrogen and oxygen atoms in total. The molecule has 1 unspecified atom stereocenters. The van der Waals surface area contributed by atoms with E-state index in [2.05, 4.69) is 183 Å². The maximum atomic E-state index is 5.11. The summed E-state index contributed by atoms with van der Waals surface area (Å²) in [6.45, 7) is 2.18. The van der Waals surface area contributed by atoms with Crippen LogP contribution in [0.25, 0.3) is 72.5 Å². The molecule has 0 amide bonds. The fourth-order valence-electron chi connectivity index (χ4n) is 10.5. The molecule has 0 saturated heterocycles. The summed E-state index contributed by atoms with van der Waals surface area (Å²) in [5, 5.41) is 2.61. The van der Waals surface area contributed by atoms with Crippen molar-refractivity contribution in [2.75, 3.05) is 0 Å². The van der Waals surface area contributed by atoms with Crippen LogP contribution >= 0.6 is 0 Å². The largest absolute Gasteiger partial charge is 0.209 e. The summed E-state index contributed by atoms with van der Waals surface area (Å²) in [6, 6.07) is 58.1. The van der Waals surface area contributed by atoms with Crippen LogP contribution in [0, 0.1) is 6.92 Å². The maximum Gasteiger partial charge on any atom is 0.164 e. The van der Waals surface area contributed by atoms with Crippen LogP contribution in [0.2, 0.25) is 0 Å². The molecule has 4 aliphatic carbocycles. The molecule has 1 heterocycles. The first-order valence-electron chi connectivity index (χ1n) is 21.9. The van der Waals surface area contributed by atoms with Gasteiger partial charge in [-0.3, -0.25) is 0 Å². The third-order valence-electron chi connectivity index (χ3n) is 13.3. The summed E-state index contributed by atoms with van der Waals surface area (Å²) in [4.78, 5) is 15.2. The Hall–Kier alpha value is -7.49. The summed E-state index contributed by atoms with van der Waals surface area (Å²) >= 11 is 0. The summed E-state index contributed by atoms with van der Waals surface area (Å²) in [7, 11) is 0. The average molecular weight is 794 g/mol. The number of allylic oxidation sites excluding steroid dienone is 10. The summed E-state index contributed by atoms with van der Waals surface area (Å²) in [5.74, 6) is 2.13. The van der Waals surface area contributed by atoms with E-state index in [1.807, 2.05) is 18.2 Å². The molecule has 4 aliphatic rings. The number of aryl methyl sites for hydroxylation is 1. The highest BCUT2D eigenvalue weighted by Crippen LogP contribution is 2.62. The van der Waals surface area contributed by atoms with Crippen molar-refractivity contribution in [3.63, 3.8) is 0 Å². The lowest BCUT2D eigenvalue weighted by molar-refractivity contribution is 0.766. The lowest BCUT2D eigenvalue weighted by atomic mass is 9.60. The van der Waals surface area contributed by atoms with Crippen molar-refractivity contribution in [1.82, 2.24) is 15.0 Å². The Morgan fingerprint density at radius 3 is 2.00 bits per heavy atom. The first-order chi connectivity index (χ1) is 30.6. The molecule has 0 saturated carbocycles. The van der Waals surface area contributed by atoms with Crippen LogP contribution in [-0.4, -0.2) is 15.0 Å². The van der Waals surface area contributed by atoms with Gasteiger partial charge < -0.3 is 0 Å². The second-order valence-electron chi connectivity index (χ2n) is 17.0. The van der Waals surface area contributed by atoms with Crippen molar-refractivity contribution >= 4 is 27.5 Å². The Kier molecular flexibility index (Phi) is 8.57. The molecule has 1 aromatic heterocycles. The number of benzene rings is 7. The van der Waals surface area contributed by atoms with Crippen LogP contribution in [-0.2, 0) is 5.41 Å². The van der Waals surface area contributed by atoms with Crippen molar-refractivity contribution in [2.45, 2.75) is 38.0 Å². The first kappa shape index (κ1) is 36.4. The summed E-state index contributed by atoms with van der Waals surface area (Å²) < 4.78 is 0. The Labute approximate surface area is 362 Å². The standard InChI is InChI=1S/C59H43N3/c1-38-15-11-22-44(35-38)46-33-34-49-47-25-13-23-45(36-53(47)59(54(49)37-46)51-27-10-9-24-48(51)50-26-12-20-40-21-14-28-52(59)55(40)50)39-29-31-43(32-30-39)58-61-56(41-16-5-2-3-6-17-41)60-57(62-58)42-18-7-4-8-19-42/h2,4-5,7-15,17-24,26-37H,3,6,16,25H2,1H3. The van der Waals surface area contributed by atoms with Gasteiger partial charge >= 0.3 is 0 Å². The second-order valence-corrected chi connectivity index (χ2v) is 17.0. The van der Waals surface area contributed by atoms with Crippen LogP contribution in [0.5, 0.6) is 0 Å². The molecule has 0 radical (unpaired) electrons. The fraction of sp³-hybridized carbons (Fsp3) is 0.102. The number of hydrogen-bond donors (Lipinski definition) is 0. The van der Waals surface area contributed by atoms with Gasteiger partial charge in [-0.05, 0) is 128 Å². The van der Waals surface area contributed by atoms with Gasteiger partial charge in [-0.25, -0.2) is 15.0 Å². The van der Waals surface area contributed by atoms with Gasteiger partial charge in [0.05, 0.1) is 5.41 Å². The maximum absolute atomic E-state index is 5.11. The summed E-state index contributed by atoms with van der Waals surface area (Å²) in [5.41, 5.74) is 19.4. The van der Waals surface area contributed by atoms with Crippen LogP contribution < -0.4 is 0 Å². The smallest absolute Gasteiger partial charge is 0.164 e. The van der Waals surface area contributed by atoms with E-state index in [1.165, 1.54) is 77.6 Å². The van der Waals surface area contributed by atoms with Crippen molar-refractivity contribution in [3.05, 3.63) is 239 Å². The van der Waals surface area contributed by atoms with E-state index < -0.39 is 5.41 Å². The predicted molar refractivity (Wildman–Crippen MR) is 256 cm³/mol. The molecule has 7 aromatic carbocycles. The van der Waals surface area contributed by atoms with Gasteiger partial charge in [0.25, 0.3) is 0 Å². The van der Waals surface area contributed by atoms with Gasteiger partial charge in [-0.2, -0.15) is 0 Å². The van der Waals surface area contributed by atoms with Crippen molar-refractivity contribution in [1.29, 1.82) is 0 Å². The predicted octanol–water partition coefficient (Wildman–Crippen LogP) is 14.6. The Balaban J connectivity index is 1.03. The van der Waals surface area contributed by atoms with Gasteiger partial charge in [-0.1, -0.05) is 188 Å². The van der Waals surface area contributed by atoms with E-state index >= 15 is 0 Å². The van der Waals surface area contributed by atoms with E-state index in [1.54, 1.807) is 0 Å². The number of rotatable bonds is 5. The molecule has 8 aromatic rings. The van der Waals surface area contributed by atoms with Gasteiger partial charge in [0.2, 0.25) is 0 Å². The van der Waals surface area contributed by atoms with Gasteiger partial charge in [0.15, 0.2) is 17.5 Å². The van der Waals surface area contributed by atoms with Gasteiger partial charge in [0, 0.05) is 11.1 Å². The topological polar surface area (TPSA) is 38.7 Å². The molecule has 294 valence electrons. The molecule has 0 aliphatic heterocycles. The minimum Gasteiger partial charge on any atom is -0.209 e. The third-order valence-corrected chi connectivity index (χ3v) is 13.3. The van der Waals surface area contributed by atoms with E-state index in [0.29, 0.717) is 11.6 Å². The molecular formula is C59H43N3. The number of fused-ring (bicyclic) bond motifs is 8. The SMILES string of the molecule is Cc1cccc(-c2ccc3c(c2)C2(C4=C3CC=CC(c3ccc(-c5nc(C6=CCCC=CC6)nc(-c6ccccc6)n5)cc3)=C4)c3ccccc3-c3cccc4cccc2c34)c1. The monoisotopic (exact) mass is 793 g/mol. The van der Waals surface area contributed by atoms with Crippen LogP contribution in [0.4, 0.5) is 0 Å². The van der Waals surface area contributed by atoms with Crippen LogP contribution in [0.15, 0.2) is 200 Å². The fourth-order valence-corrected chi connectivity index (χ4v) is 10.5. The Morgan fingerprint density at radius 1 is 0.468 bits per heavy atom. The summed E-state index contributed by atoms with van der Waals surface area (Å²) in [6.07, 6.45) is 17.6. The van der Waals surface area contributed by atoms with Crippen molar-refractivity contribution < 1.29 is 0 Å². The van der Waals surface area contributed by atoms with E-state index in [4.69, 9.17) is 15.0 Å². The number of aromatic nitrogens is 3. The molecule has 0 N–H and O–H groups in total. The lowest BCUT2D eigenvalue weighted by Gasteiger charge is -2.41. The number of nitrogens with zero attached hydrogens (tertiary/aromatic N) is 3. The Morgan fingerprint density at radius 2 is 1.15 bits per heavy atom. The normalized spacial score (nSPS) is 17.2. The van der Waals surface area contributed by atoms with E-state index in [-0.39, 0.29) is 0 Å². The highest BCUT2D eigenvalue weighted by Gasteiger charge is 2.51. The van der Waals surface area contributed by atoms with E-state index in [9.17, 15) is 0 Å². The molecule has 1 spiro atoms. The van der Waals surface area contributed by atoms with Crippen LogP contribution in [0.1, 0.15) is 64.9 Å². The minimum absolute atomic E-state index is 0.525. The highest BCUT2D eigenvalue weighted by atomic mass is 15.0. The molecule has 3 heteroatoms. The zero-order chi connectivity index (χ0) is 41.2. The van der Waals surface area contributed by atoms with Crippen LogP contribution in [0.3, 0.4) is 0 Å². The molecule has 1 atom stereocenters. The second kappa shape index (κ2) is 14.6. The quantitative estimate of drug-likeness (QED) is 0.163. The average Bonchev–Trinajstić information content (AvgIpc) is 3.59. The molecule has 12 rings (SSSR count). The van der Waals surface area contributed by atoms with E-state index in [0.717, 1.165) is 53.8 Å². The van der Waals surface area contributed by atoms with Crippen molar-refractivity contribution in [2.24, 2.45) is 0 Å². The highest BCUT2D eigenvalue weighted by molar-refractivity contribution is 6.08. The number of hydrogen-bond acceptors (Lipinski definition) is 3. The molecular weight excluding hydrogens is 751 g/mol.